The van der Waals surface area contributed by atoms with E-state index in [4.69, 9.17) is 18.6 Å². The van der Waals surface area contributed by atoms with E-state index in [0.29, 0.717) is 39.8 Å². The van der Waals surface area contributed by atoms with Crippen LogP contribution in [0, 0.1) is 0 Å². The number of anilines is 1. The van der Waals surface area contributed by atoms with Crippen molar-refractivity contribution in [3.8, 4) is 22.8 Å². The molecule has 7 nitrogen and oxygen atoms in total. The zero-order chi connectivity index (χ0) is 25.4. The summed E-state index contributed by atoms with van der Waals surface area (Å²) in [5.41, 5.74) is 4.08. The number of hydrogen-bond donors (Lipinski definition) is 0. The summed E-state index contributed by atoms with van der Waals surface area (Å²) in [5.74, 6) is 1.82. The second-order valence-corrected chi connectivity index (χ2v) is 8.44. The Kier molecular flexibility index (Phi) is 5.58. The number of carbonyl (C=O) groups excluding carboxylic acids is 2. The van der Waals surface area contributed by atoms with E-state index in [9.17, 15) is 9.59 Å². The van der Waals surface area contributed by atoms with Gasteiger partial charge < -0.3 is 18.6 Å². The predicted octanol–water partition coefficient (Wildman–Crippen LogP) is 5.93. The quantitative estimate of drug-likeness (QED) is 0.254. The highest BCUT2D eigenvalue weighted by molar-refractivity contribution is 6.23. The summed E-state index contributed by atoms with van der Waals surface area (Å²) in [6.45, 7) is 0.158. The van der Waals surface area contributed by atoms with Crippen molar-refractivity contribution in [1.29, 1.82) is 0 Å². The van der Waals surface area contributed by atoms with Crippen LogP contribution >= 0.6 is 0 Å². The minimum absolute atomic E-state index is 0.158. The van der Waals surface area contributed by atoms with Crippen LogP contribution in [0.25, 0.3) is 23.1 Å². The number of hydrogen-bond acceptors (Lipinski definition) is 6. The van der Waals surface area contributed by atoms with Crippen molar-refractivity contribution in [3.05, 3.63) is 113 Å². The normalized spacial score (nSPS) is 15.3. The Morgan fingerprint density at radius 3 is 2.46 bits per heavy atom. The fourth-order valence-corrected chi connectivity index (χ4v) is 4.34. The zero-order valence-electron chi connectivity index (χ0n) is 19.8. The third-order valence-electron chi connectivity index (χ3n) is 6.18. The average Bonchev–Trinajstić information content (AvgIpc) is 3.68. The number of carbonyl (C=O) groups is 2. The van der Waals surface area contributed by atoms with E-state index >= 15 is 0 Å². The Labute approximate surface area is 212 Å². The van der Waals surface area contributed by atoms with Crippen molar-refractivity contribution >= 4 is 29.3 Å². The molecule has 0 saturated carbocycles. The molecule has 3 heterocycles. The molecule has 2 aliphatic heterocycles. The molecule has 2 aliphatic rings. The molecule has 0 spiro atoms. The molecule has 0 atom stereocenters. The second kappa shape index (κ2) is 9.20. The lowest BCUT2D eigenvalue weighted by Crippen LogP contribution is -2.24. The van der Waals surface area contributed by atoms with Gasteiger partial charge in [-0.1, -0.05) is 42.5 Å². The van der Waals surface area contributed by atoms with E-state index in [1.807, 2.05) is 60.7 Å². The molecule has 1 aromatic heterocycles. The maximum Gasteiger partial charge on any atom is 0.337 e. The van der Waals surface area contributed by atoms with E-state index in [2.05, 4.69) is 0 Å². The molecule has 3 aromatic carbocycles. The molecule has 1 amide bonds. The van der Waals surface area contributed by atoms with E-state index < -0.39 is 5.97 Å². The SMILES string of the molecule is COC(=O)c1ccc(-c2ccc(/C=C3\C=C(c4ccccc4)N(c4ccc5c(c4)OCO5)C3=O)o2)cc1. The van der Waals surface area contributed by atoms with Gasteiger partial charge in [0.2, 0.25) is 6.79 Å². The zero-order valence-corrected chi connectivity index (χ0v) is 19.8. The van der Waals surface area contributed by atoms with Gasteiger partial charge in [-0.15, -0.1) is 0 Å². The van der Waals surface area contributed by atoms with Crippen LogP contribution in [-0.2, 0) is 9.53 Å². The number of ether oxygens (including phenoxy) is 3. The molecular formula is C30H21NO6. The highest BCUT2D eigenvalue weighted by atomic mass is 16.7. The Morgan fingerprint density at radius 1 is 0.892 bits per heavy atom. The monoisotopic (exact) mass is 491 g/mol. The van der Waals surface area contributed by atoms with E-state index in [1.54, 1.807) is 41.3 Å². The molecule has 0 fully saturated rings. The van der Waals surface area contributed by atoms with Crippen LogP contribution in [0.2, 0.25) is 0 Å². The van der Waals surface area contributed by atoms with Gasteiger partial charge in [0.15, 0.2) is 11.5 Å². The molecule has 4 aromatic rings. The number of benzene rings is 3. The van der Waals surface area contributed by atoms with Crippen molar-refractivity contribution < 1.29 is 28.2 Å². The number of fused-ring (bicyclic) bond motifs is 1. The van der Waals surface area contributed by atoms with Crippen molar-refractivity contribution in [3.63, 3.8) is 0 Å². The van der Waals surface area contributed by atoms with Crippen LogP contribution in [0.15, 0.2) is 101 Å². The van der Waals surface area contributed by atoms with E-state index in [-0.39, 0.29) is 12.7 Å². The number of nitrogens with zero attached hydrogens (tertiary/aromatic N) is 1. The first-order chi connectivity index (χ1) is 18.1. The highest BCUT2D eigenvalue weighted by Gasteiger charge is 2.31. The van der Waals surface area contributed by atoms with Gasteiger partial charge >= 0.3 is 5.97 Å². The summed E-state index contributed by atoms with van der Waals surface area (Å²) in [7, 11) is 1.35. The summed E-state index contributed by atoms with van der Waals surface area (Å²) >= 11 is 0. The molecule has 0 N–H and O–H groups in total. The standard InChI is InChI=1S/C30H21NO6/c1-34-30(33)21-9-7-20(8-10-21)26-14-12-24(37-26)15-22-16-25(19-5-3-2-4-6-19)31(29(22)32)23-11-13-27-28(17-23)36-18-35-27/h2-17H,18H2,1H3/b22-15+. The van der Waals surface area contributed by atoms with Crippen LogP contribution in [0.3, 0.4) is 0 Å². The van der Waals surface area contributed by atoms with Gasteiger partial charge in [-0.2, -0.15) is 0 Å². The number of rotatable bonds is 5. The summed E-state index contributed by atoms with van der Waals surface area (Å²) in [6, 6.07) is 25.8. The van der Waals surface area contributed by atoms with E-state index in [0.717, 1.165) is 16.8 Å². The molecule has 0 radical (unpaired) electrons. The first-order valence-corrected chi connectivity index (χ1v) is 11.6. The van der Waals surface area contributed by atoms with Crippen molar-refractivity contribution in [2.45, 2.75) is 0 Å². The van der Waals surface area contributed by atoms with Crippen molar-refractivity contribution in [1.82, 2.24) is 0 Å². The Hall–Kier alpha value is -5.04. The van der Waals surface area contributed by atoms with Crippen molar-refractivity contribution in [2.24, 2.45) is 0 Å². The lowest BCUT2D eigenvalue weighted by molar-refractivity contribution is -0.113. The first kappa shape index (κ1) is 22.4. The molecule has 0 aliphatic carbocycles. The maximum absolute atomic E-state index is 13.6. The molecule has 0 saturated heterocycles. The van der Waals surface area contributed by atoms with Crippen LogP contribution in [0.1, 0.15) is 21.7 Å². The fraction of sp³-hybridized carbons (Fsp3) is 0.0667. The molecular weight excluding hydrogens is 470 g/mol. The second-order valence-electron chi connectivity index (χ2n) is 8.44. The van der Waals surface area contributed by atoms with Gasteiger partial charge in [-0.3, -0.25) is 9.69 Å². The van der Waals surface area contributed by atoms with Crippen LogP contribution in [-0.4, -0.2) is 25.8 Å². The minimum atomic E-state index is -0.399. The van der Waals surface area contributed by atoms with E-state index in [1.165, 1.54) is 7.11 Å². The molecule has 7 heteroatoms. The van der Waals surface area contributed by atoms with Gasteiger partial charge in [0.05, 0.1) is 24.1 Å². The van der Waals surface area contributed by atoms with Crippen LogP contribution in [0.5, 0.6) is 11.5 Å². The number of methoxy groups -OCH3 is 1. The number of furan rings is 1. The maximum atomic E-state index is 13.6. The third kappa shape index (κ3) is 4.16. The largest absolute Gasteiger partial charge is 0.465 e. The number of amides is 1. The summed E-state index contributed by atoms with van der Waals surface area (Å²) in [5, 5.41) is 0. The minimum Gasteiger partial charge on any atom is -0.465 e. The lowest BCUT2D eigenvalue weighted by atomic mass is 10.1. The Balaban J connectivity index is 1.34. The molecule has 182 valence electrons. The number of esters is 1. The third-order valence-corrected chi connectivity index (χ3v) is 6.18. The van der Waals surface area contributed by atoms with Crippen LogP contribution in [0.4, 0.5) is 5.69 Å². The van der Waals surface area contributed by atoms with Gasteiger partial charge in [0.25, 0.3) is 5.91 Å². The van der Waals surface area contributed by atoms with Gasteiger partial charge in [-0.25, -0.2) is 4.79 Å². The smallest absolute Gasteiger partial charge is 0.337 e. The summed E-state index contributed by atoms with van der Waals surface area (Å²) in [6.07, 6.45) is 3.58. The molecule has 0 unspecified atom stereocenters. The van der Waals surface area contributed by atoms with Gasteiger partial charge in [-0.05, 0) is 54.1 Å². The van der Waals surface area contributed by atoms with Crippen molar-refractivity contribution in [2.75, 3.05) is 18.8 Å². The fourth-order valence-electron chi connectivity index (χ4n) is 4.34. The molecule has 6 rings (SSSR count). The predicted molar refractivity (Wildman–Crippen MR) is 138 cm³/mol. The highest BCUT2D eigenvalue weighted by Crippen LogP contribution is 2.41. The summed E-state index contributed by atoms with van der Waals surface area (Å²) < 4.78 is 21.7. The first-order valence-electron chi connectivity index (χ1n) is 11.6. The topological polar surface area (TPSA) is 78.2 Å². The Morgan fingerprint density at radius 2 is 1.68 bits per heavy atom. The van der Waals surface area contributed by atoms with Crippen LogP contribution < -0.4 is 14.4 Å². The van der Waals surface area contributed by atoms with Gasteiger partial charge in [0.1, 0.15) is 11.5 Å². The average molecular weight is 491 g/mol. The lowest BCUT2D eigenvalue weighted by Gasteiger charge is -2.21. The summed E-state index contributed by atoms with van der Waals surface area (Å²) in [4.78, 5) is 27.0. The van der Waals surface area contributed by atoms with Gasteiger partial charge in [0, 0.05) is 17.2 Å². The Bertz CT molecular complexity index is 1560. The molecule has 0 bridgehead atoms. The molecule has 37 heavy (non-hydrogen) atoms.